The second-order valence-corrected chi connectivity index (χ2v) is 4.10. The minimum absolute atomic E-state index is 0.0328. The van der Waals surface area contributed by atoms with Crippen molar-refractivity contribution in [3.8, 4) is 0 Å². The van der Waals surface area contributed by atoms with Gasteiger partial charge in [0.05, 0.1) is 6.54 Å². The molecule has 16 heavy (non-hydrogen) atoms. The van der Waals surface area contributed by atoms with E-state index in [9.17, 15) is 9.18 Å². The average molecular weight is 223 g/mol. The van der Waals surface area contributed by atoms with Crippen molar-refractivity contribution in [2.45, 2.75) is 19.4 Å². The van der Waals surface area contributed by atoms with Gasteiger partial charge in [0.2, 0.25) is 0 Å². The van der Waals surface area contributed by atoms with Gasteiger partial charge in [-0.05, 0) is 25.0 Å². The summed E-state index contributed by atoms with van der Waals surface area (Å²) < 4.78 is 13.7. The predicted octanol–water partition coefficient (Wildman–Crippen LogP) is 1.83. The third-order valence-corrected chi connectivity index (χ3v) is 3.12. The standard InChI is InChI=1S/C12H14FNO2/c1-8-12-9(3-2-4-10(12)13)5-6-14(8)7-11(15)16/h2-4,8H,5-7H2,1H3,(H,15,16). The van der Waals surface area contributed by atoms with Crippen LogP contribution < -0.4 is 0 Å². The van der Waals surface area contributed by atoms with Gasteiger partial charge in [0, 0.05) is 18.2 Å². The highest BCUT2D eigenvalue weighted by Crippen LogP contribution is 2.30. The Kier molecular flexibility index (Phi) is 2.92. The fourth-order valence-electron chi connectivity index (χ4n) is 2.30. The third-order valence-electron chi connectivity index (χ3n) is 3.12. The highest BCUT2D eigenvalue weighted by Gasteiger charge is 2.27. The van der Waals surface area contributed by atoms with Gasteiger partial charge < -0.3 is 5.11 Å². The maximum absolute atomic E-state index is 13.7. The molecule has 1 unspecified atom stereocenters. The van der Waals surface area contributed by atoms with E-state index in [1.165, 1.54) is 6.07 Å². The summed E-state index contributed by atoms with van der Waals surface area (Å²) in [5.74, 6) is -1.10. The van der Waals surface area contributed by atoms with Gasteiger partial charge in [0.15, 0.2) is 0 Å². The van der Waals surface area contributed by atoms with E-state index in [-0.39, 0.29) is 18.4 Å². The van der Waals surface area contributed by atoms with E-state index in [0.717, 1.165) is 5.56 Å². The highest BCUT2D eigenvalue weighted by atomic mass is 19.1. The molecule has 1 aromatic rings. The monoisotopic (exact) mass is 223 g/mol. The zero-order chi connectivity index (χ0) is 11.7. The van der Waals surface area contributed by atoms with Crippen molar-refractivity contribution in [1.29, 1.82) is 0 Å². The van der Waals surface area contributed by atoms with Crippen LogP contribution >= 0.6 is 0 Å². The molecule has 0 radical (unpaired) electrons. The number of halogens is 1. The minimum Gasteiger partial charge on any atom is -0.480 e. The largest absolute Gasteiger partial charge is 0.480 e. The van der Waals surface area contributed by atoms with Crippen LogP contribution in [0.2, 0.25) is 0 Å². The highest BCUT2D eigenvalue weighted by molar-refractivity contribution is 5.69. The van der Waals surface area contributed by atoms with Crippen molar-refractivity contribution in [1.82, 2.24) is 4.90 Å². The molecule has 0 saturated heterocycles. The van der Waals surface area contributed by atoms with E-state index in [1.807, 2.05) is 13.0 Å². The normalized spacial score (nSPS) is 20.5. The zero-order valence-corrected chi connectivity index (χ0v) is 9.11. The Morgan fingerprint density at radius 1 is 1.62 bits per heavy atom. The van der Waals surface area contributed by atoms with Crippen LogP contribution in [0.4, 0.5) is 4.39 Å². The van der Waals surface area contributed by atoms with Gasteiger partial charge in [-0.25, -0.2) is 4.39 Å². The van der Waals surface area contributed by atoms with Gasteiger partial charge in [-0.15, -0.1) is 0 Å². The first kappa shape index (κ1) is 11.1. The van der Waals surface area contributed by atoms with Crippen LogP contribution in [-0.4, -0.2) is 29.1 Å². The lowest BCUT2D eigenvalue weighted by Crippen LogP contribution is -2.38. The molecule has 86 valence electrons. The summed E-state index contributed by atoms with van der Waals surface area (Å²) in [6.07, 6.45) is 0.713. The maximum atomic E-state index is 13.7. The van der Waals surface area contributed by atoms with Crippen molar-refractivity contribution in [3.63, 3.8) is 0 Å². The Bertz CT molecular complexity index is 419. The Hall–Kier alpha value is -1.42. The molecule has 0 amide bonds. The molecule has 0 spiro atoms. The summed E-state index contributed by atoms with van der Waals surface area (Å²) in [7, 11) is 0. The molecule has 1 aliphatic rings. The minimum atomic E-state index is -0.869. The fraction of sp³-hybridized carbons (Fsp3) is 0.417. The summed E-state index contributed by atoms with van der Waals surface area (Å²) in [5.41, 5.74) is 1.64. The number of fused-ring (bicyclic) bond motifs is 1. The number of carboxylic acids is 1. The second-order valence-electron chi connectivity index (χ2n) is 4.10. The Morgan fingerprint density at radius 2 is 2.38 bits per heavy atom. The van der Waals surface area contributed by atoms with E-state index in [4.69, 9.17) is 5.11 Å². The molecule has 1 aromatic carbocycles. The van der Waals surface area contributed by atoms with E-state index in [1.54, 1.807) is 11.0 Å². The van der Waals surface area contributed by atoms with Gasteiger partial charge in [-0.2, -0.15) is 0 Å². The van der Waals surface area contributed by atoms with Crippen LogP contribution in [0.1, 0.15) is 24.1 Å². The lowest BCUT2D eigenvalue weighted by molar-refractivity contribution is -0.139. The SMILES string of the molecule is CC1c2c(F)cccc2CCN1CC(=O)O. The number of benzene rings is 1. The first-order valence-corrected chi connectivity index (χ1v) is 5.32. The lowest BCUT2D eigenvalue weighted by atomic mass is 9.93. The maximum Gasteiger partial charge on any atom is 0.317 e. The number of hydrogen-bond acceptors (Lipinski definition) is 2. The first-order chi connectivity index (χ1) is 7.59. The quantitative estimate of drug-likeness (QED) is 0.831. The van der Waals surface area contributed by atoms with Crippen molar-refractivity contribution >= 4 is 5.97 Å². The summed E-state index contributed by atoms with van der Waals surface area (Å²) in [6, 6.07) is 4.88. The molecule has 0 aliphatic carbocycles. The molecule has 3 nitrogen and oxygen atoms in total. The molecule has 2 rings (SSSR count). The molecule has 0 fully saturated rings. The topological polar surface area (TPSA) is 40.5 Å². The van der Waals surface area contributed by atoms with Crippen LogP contribution in [-0.2, 0) is 11.2 Å². The molecular weight excluding hydrogens is 209 g/mol. The van der Waals surface area contributed by atoms with Crippen molar-refractivity contribution in [3.05, 3.63) is 35.1 Å². The van der Waals surface area contributed by atoms with Crippen LogP contribution in [0.15, 0.2) is 18.2 Å². The Balaban J connectivity index is 2.30. The number of hydrogen-bond donors (Lipinski definition) is 1. The number of rotatable bonds is 2. The van der Waals surface area contributed by atoms with E-state index in [2.05, 4.69) is 0 Å². The van der Waals surface area contributed by atoms with Gasteiger partial charge >= 0.3 is 5.97 Å². The van der Waals surface area contributed by atoms with Crippen LogP contribution in [0.3, 0.4) is 0 Å². The molecule has 0 aromatic heterocycles. The summed E-state index contributed by atoms with van der Waals surface area (Å²) in [4.78, 5) is 12.5. The average Bonchev–Trinajstić information content (AvgIpc) is 2.22. The summed E-state index contributed by atoms with van der Waals surface area (Å²) in [5, 5.41) is 8.77. The van der Waals surface area contributed by atoms with E-state index < -0.39 is 5.97 Å². The van der Waals surface area contributed by atoms with E-state index >= 15 is 0 Å². The molecule has 0 saturated carbocycles. The predicted molar refractivity (Wildman–Crippen MR) is 57.7 cm³/mol. The molecule has 1 atom stereocenters. The zero-order valence-electron chi connectivity index (χ0n) is 9.11. The molecule has 0 bridgehead atoms. The van der Waals surface area contributed by atoms with Crippen molar-refractivity contribution < 1.29 is 14.3 Å². The number of aliphatic carboxylic acids is 1. The van der Waals surface area contributed by atoms with Crippen LogP contribution in [0.25, 0.3) is 0 Å². The van der Waals surface area contributed by atoms with E-state index in [0.29, 0.717) is 18.5 Å². The smallest absolute Gasteiger partial charge is 0.317 e. The van der Waals surface area contributed by atoms with Gasteiger partial charge in [-0.3, -0.25) is 9.69 Å². The molecule has 1 N–H and O–H groups in total. The molecular formula is C12H14FNO2. The third kappa shape index (κ3) is 1.93. The summed E-state index contributed by atoms with van der Waals surface area (Å²) >= 11 is 0. The van der Waals surface area contributed by atoms with Gasteiger partial charge in [0.1, 0.15) is 5.82 Å². The number of carbonyl (C=O) groups is 1. The van der Waals surface area contributed by atoms with Gasteiger partial charge in [-0.1, -0.05) is 12.1 Å². The van der Waals surface area contributed by atoms with Crippen LogP contribution in [0.5, 0.6) is 0 Å². The molecule has 4 heteroatoms. The van der Waals surface area contributed by atoms with Crippen LogP contribution in [0, 0.1) is 5.82 Å². The summed E-state index contributed by atoms with van der Waals surface area (Å²) in [6.45, 7) is 2.49. The Morgan fingerprint density at radius 3 is 3.06 bits per heavy atom. The molecule has 1 heterocycles. The van der Waals surface area contributed by atoms with Gasteiger partial charge in [0.25, 0.3) is 0 Å². The van der Waals surface area contributed by atoms with Crippen molar-refractivity contribution in [2.24, 2.45) is 0 Å². The molecule has 1 aliphatic heterocycles. The Labute approximate surface area is 93.5 Å². The fourth-order valence-corrected chi connectivity index (χ4v) is 2.30. The number of nitrogens with zero attached hydrogens (tertiary/aromatic N) is 1. The number of carboxylic acid groups (broad SMARTS) is 1. The first-order valence-electron chi connectivity index (χ1n) is 5.32. The lowest BCUT2D eigenvalue weighted by Gasteiger charge is -2.34. The van der Waals surface area contributed by atoms with Crippen molar-refractivity contribution in [2.75, 3.05) is 13.1 Å². The second kappa shape index (κ2) is 4.22.